The quantitative estimate of drug-likeness (QED) is 0.787. The lowest BCUT2D eigenvalue weighted by atomic mass is 9.99. The van der Waals surface area contributed by atoms with Gasteiger partial charge in [0.05, 0.1) is 0 Å². The highest BCUT2D eigenvalue weighted by Crippen LogP contribution is 2.23. The summed E-state index contributed by atoms with van der Waals surface area (Å²) in [6, 6.07) is 11.9. The number of amides is 1. The molecule has 3 heterocycles. The molecule has 6 nitrogen and oxygen atoms in total. The fourth-order valence-electron chi connectivity index (χ4n) is 3.46. The number of carbonyl (C=O) groups is 1. The van der Waals surface area contributed by atoms with E-state index in [0.29, 0.717) is 17.9 Å². The number of rotatable bonds is 4. The standard InChI is InChI=1S/C20H23N5O/c1-15-4-2-10-24(14-15)17-7-5-16(6-8-17)13-22-20(26)18-12-19-21-9-3-11-25(19)23-18/h3,5-9,11-12,15H,2,4,10,13-14H2,1H3,(H,22,26)/t15-/m0/s1. The first-order valence-corrected chi connectivity index (χ1v) is 9.11. The lowest BCUT2D eigenvalue weighted by Gasteiger charge is -2.32. The molecule has 2 aromatic heterocycles. The molecule has 1 N–H and O–H groups in total. The Morgan fingerprint density at radius 2 is 2.15 bits per heavy atom. The fraction of sp³-hybridized carbons (Fsp3) is 0.350. The summed E-state index contributed by atoms with van der Waals surface area (Å²) in [5, 5.41) is 7.17. The van der Waals surface area contributed by atoms with E-state index in [2.05, 4.69) is 51.5 Å². The van der Waals surface area contributed by atoms with Crippen LogP contribution in [0.25, 0.3) is 5.65 Å². The summed E-state index contributed by atoms with van der Waals surface area (Å²) in [4.78, 5) is 18.9. The maximum absolute atomic E-state index is 12.3. The maximum Gasteiger partial charge on any atom is 0.272 e. The molecule has 1 saturated heterocycles. The maximum atomic E-state index is 12.3. The third kappa shape index (κ3) is 3.54. The smallest absolute Gasteiger partial charge is 0.272 e. The number of hydrogen-bond donors (Lipinski definition) is 1. The van der Waals surface area contributed by atoms with E-state index in [9.17, 15) is 4.79 Å². The van der Waals surface area contributed by atoms with Crippen LogP contribution in [0.5, 0.6) is 0 Å². The van der Waals surface area contributed by atoms with Crippen LogP contribution in [-0.2, 0) is 6.54 Å². The molecular formula is C20H23N5O. The molecule has 0 saturated carbocycles. The van der Waals surface area contributed by atoms with Crippen LogP contribution in [0, 0.1) is 5.92 Å². The predicted octanol–water partition coefficient (Wildman–Crippen LogP) is 2.90. The van der Waals surface area contributed by atoms with Crippen LogP contribution in [0.4, 0.5) is 5.69 Å². The summed E-state index contributed by atoms with van der Waals surface area (Å²) in [6.45, 7) is 5.04. The Labute approximate surface area is 152 Å². The van der Waals surface area contributed by atoms with Gasteiger partial charge in [0, 0.05) is 43.8 Å². The monoisotopic (exact) mass is 349 g/mol. The first-order chi connectivity index (χ1) is 12.7. The molecule has 0 radical (unpaired) electrons. The van der Waals surface area contributed by atoms with Gasteiger partial charge in [-0.25, -0.2) is 9.50 Å². The normalized spacial score (nSPS) is 17.4. The van der Waals surface area contributed by atoms with Crippen molar-refractivity contribution in [3.05, 3.63) is 60.0 Å². The Hall–Kier alpha value is -2.89. The van der Waals surface area contributed by atoms with Gasteiger partial charge >= 0.3 is 0 Å². The molecule has 1 aromatic carbocycles. The Balaban J connectivity index is 1.37. The van der Waals surface area contributed by atoms with Crippen molar-refractivity contribution >= 4 is 17.2 Å². The SMILES string of the molecule is C[C@H]1CCCN(c2ccc(CNC(=O)c3cc4ncccn4n3)cc2)C1. The van der Waals surface area contributed by atoms with E-state index in [-0.39, 0.29) is 5.91 Å². The molecule has 1 aliphatic rings. The van der Waals surface area contributed by atoms with Gasteiger partial charge in [0.2, 0.25) is 0 Å². The van der Waals surface area contributed by atoms with Crippen LogP contribution in [0.15, 0.2) is 48.8 Å². The van der Waals surface area contributed by atoms with Gasteiger partial charge in [0.15, 0.2) is 11.3 Å². The summed E-state index contributed by atoms with van der Waals surface area (Å²) >= 11 is 0. The van der Waals surface area contributed by atoms with Crippen molar-refractivity contribution in [2.75, 3.05) is 18.0 Å². The number of nitrogens with one attached hydrogen (secondary N) is 1. The summed E-state index contributed by atoms with van der Waals surface area (Å²) in [6.07, 6.45) is 6.04. The number of hydrogen-bond acceptors (Lipinski definition) is 4. The Bertz CT molecular complexity index is 869. The van der Waals surface area contributed by atoms with Crippen LogP contribution < -0.4 is 10.2 Å². The Kier molecular flexibility index (Phi) is 4.56. The zero-order chi connectivity index (χ0) is 17.9. The van der Waals surface area contributed by atoms with Gasteiger partial charge in [-0.3, -0.25) is 4.79 Å². The van der Waals surface area contributed by atoms with Gasteiger partial charge in [-0.15, -0.1) is 0 Å². The molecule has 0 bridgehead atoms. The number of anilines is 1. The molecule has 4 rings (SSSR count). The number of piperidine rings is 1. The zero-order valence-electron chi connectivity index (χ0n) is 14.9. The molecule has 3 aromatic rings. The van der Waals surface area contributed by atoms with Gasteiger partial charge in [0.25, 0.3) is 5.91 Å². The molecule has 1 atom stereocenters. The van der Waals surface area contributed by atoms with E-state index < -0.39 is 0 Å². The number of benzene rings is 1. The Morgan fingerprint density at radius 3 is 2.92 bits per heavy atom. The van der Waals surface area contributed by atoms with E-state index in [4.69, 9.17) is 0 Å². The summed E-state index contributed by atoms with van der Waals surface area (Å²) < 4.78 is 1.60. The van der Waals surface area contributed by atoms with Gasteiger partial charge < -0.3 is 10.2 Å². The van der Waals surface area contributed by atoms with Crippen molar-refractivity contribution in [1.29, 1.82) is 0 Å². The van der Waals surface area contributed by atoms with Crippen molar-refractivity contribution in [2.24, 2.45) is 5.92 Å². The largest absolute Gasteiger partial charge is 0.371 e. The van der Waals surface area contributed by atoms with Crippen molar-refractivity contribution in [1.82, 2.24) is 19.9 Å². The summed E-state index contributed by atoms with van der Waals surface area (Å²) in [5.74, 6) is 0.562. The van der Waals surface area contributed by atoms with Crippen LogP contribution in [0.2, 0.25) is 0 Å². The van der Waals surface area contributed by atoms with Gasteiger partial charge in [-0.2, -0.15) is 5.10 Å². The molecule has 1 amide bonds. The van der Waals surface area contributed by atoms with Crippen molar-refractivity contribution in [3.8, 4) is 0 Å². The minimum Gasteiger partial charge on any atom is -0.371 e. The second kappa shape index (κ2) is 7.15. The third-order valence-corrected chi connectivity index (χ3v) is 4.88. The highest BCUT2D eigenvalue weighted by molar-refractivity contribution is 5.93. The topological polar surface area (TPSA) is 62.5 Å². The van der Waals surface area contributed by atoms with Gasteiger partial charge in [-0.05, 0) is 42.5 Å². The van der Waals surface area contributed by atoms with Crippen molar-refractivity contribution in [3.63, 3.8) is 0 Å². The predicted molar refractivity (Wildman–Crippen MR) is 101 cm³/mol. The molecule has 0 unspecified atom stereocenters. The number of carbonyl (C=O) groups excluding carboxylic acids is 1. The highest BCUT2D eigenvalue weighted by atomic mass is 16.1. The zero-order valence-corrected chi connectivity index (χ0v) is 14.9. The van der Waals surface area contributed by atoms with Crippen molar-refractivity contribution < 1.29 is 4.79 Å². The average molecular weight is 349 g/mol. The second-order valence-electron chi connectivity index (χ2n) is 6.99. The third-order valence-electron chi connectivity index (χ3n) is 4.88. The van der Waals surface area contributed by atoms with E-state index >= 15 is 0 Å². The molecule has 0 aliphatic carbocycles. The molecule has 0 spiro atoms. The first-order valence-electron chi connectivity index (χ1n) is 9.11. The first kappa shape index (κ1) is 16.6. The molecule has 26 heavy (non-hydrogen) atoms. The number of fused-ring (bicyclic) bond motifs is 1. The lowest BCUT2D eigenvalue weighted by Crippen LogP contribution is -2.34. The van der Waals surface area contributed by atoms with E-state index in [0.717, 1.165) is 24.6 Å². The van der Waals surface area contributed by atoms with Crippen LogP contribution in [0.3, 0.4) is 0 Å². The number of nitrogens with zero attached hydrogens (tertiary/aromatic N) is 4. The number of aromatic nitrogens is 3. The van der Waals surface area contributed by atoms with Crippen LogP contribution in [0.1, 0.15) is 35.8 Å². The Morgan fingerprint density at radius 1 is 1.31 bits per heavy atom. The summed E-state index contributed by atoms with van der Waals surface area (Å²) in [5.41, 5.74) is 3.38. The van der Waals surface area contributed by atoms with E-state index in [1.54, 1.807) is 29.0 Å². The van der Waals surface area contributed by atoms with E-state index in [1.165, 1.54) is 18.5 Å². The van der Waals surface area contributed by atoms with Crippen LogP contribution in [-0.4, -0.2) is 33.6 Å². The molecular weight excluding hydrogens is 326 g/mol. The minimum atomic E-state index is -0.190. The van der Waals surface area contributed by atoms with Gasteiger partial charge in [-0.1, -0.05) is 19.1 Å². The summed E-state index contributed by atoms with van der Waals surface area (Å²) in [7, 11) is 0. The molecule has 6 heteroatoms. The highest BCUT2D eigenvalue weighted by Gasteiger charge is 2.16. The van der Waals surface area contributed by atoms with E-state index in [1.807, 2.05) is 0 Å². The lowest BCUT2D eigenvalue weighted by molar-refractivity contribution is 0.0945. The molecule has 1 aliphatic heterocycles. The van der Waals surface area contributed by atoms with Crippen LogP contribution >= 0.6 is 0 Å². The molecule has 1 fully saturated rings. The average Bonchev–Trinajstić information content (AvgIpc) is 3.11. The van der Waals surface area contributed by atoms with Gasteiger partial charge in [0.1, 0.15) is 0 Å². The molecule has 134 valence electrons. The van der Waals surface area contributed by atoms with Crippen molar-refractivity contribution in [2.45, 2.75) is 26.3 Å². The minimum absolute atomic E-state index is 0.190. The fourth-order valence-corrected chi connectivity index (χ4v) is 3.46. The second-order valence-corrected chi connectivity index (χ2v) is 6.99.